The fourth-order valence-electron chi connectivity index (χ4n) is 3.41. The maximum absolute atomic E-state index is 12.9. The minimum absolute atomic E-state index is 0.0112. The van der Waals surface area contributed by atoms with Crippen molar-refractivity contribution in [2.75, 3.05) is 34.3 Å². The molecule has 0 aromatic heterocycles. The molecule has 1 saturated heterocycles. The van der Waals surface area contributed by atoms with Gasteiger partial charge in [-0.1, -0.05) is 23.7 Å². The van der Waals surface area contributed by atoms with Crippen molar-refractivity contribution in [2.45, 2.75) is 25.5 Å². The van der Waals surface area contributed by atoms with Crippen LogP contribution in [-0.2, 0) is 6.61 Å². The Kier molecular flexibility index (Phi) is 6.81. The second-order valence-corrected chi connectivity index (χ2v) is 7.67. The van der Waals surface area contributed by atoms with Crippen LogP contribution in [0, 0.1) is 0 Å². The van der Waals surface area contributed by atoms with Crippen molar-refractivity contribution < 1.29 is 14.3 Å². The molecule has 5 nitrogen and oxygen atoms in total. The minimum Gasteiger partial charge on any atom is -0.493 e. The molecule has 0 atom stereocenters. The van der Waals surface area contributed by atoms with E-state index in [0.717, 1.165) is 31.5 Å². The van der Waals surface area contributed by atoms with Crippen LogP contribution in [0.5, 0.6) is 11.5 Å². The second-order valence-electron chi connectivity index (χ2n) is 7.23. The molecule has 0 aliphatic carbocycles. The number of benzene rings is 2. The summed E-state index contributed by atoms with van der Waals surface area (Å²) >= 11 is 5.91. The summed E-state index contributed by atoms with van der Waals surface area (Å²) in [5, 5.41) is 0.693. The van der Waals surface area contributed by atoms with Crippen molar-refractivity contribution in [3.63, 3.8) is 0 Å². The number of likely N-dealkylation sites (tertiary alicyclic amines) is 1. The molecule has 0 N–H and O–H groups in total. The molecule has 1 aliphatic heterocycles. The Morgan fingerprint density at radius 3 is 2.46 bits per heavy atom. The van der Waals surface area contributed by atoms with Gasteiger partial charge in [-0.3, -0.25) is 4.79 Å². The highest BCUT2D eigenvalue weighted by atomic mass is 35.5. The Morgan fingerprint density at radius 2 is 1.82 bits per heavy atom. The van der Waals surface area contributed by atoms with Gasteiger partial charge in [0.2, 0.25) is 0 Å². The molecule has 0 spiro atoms. The Balaban J connectivity index is 1.67. The first kappa shape index (κ1) is 20.5. The number of nitrogens with zero attached hydrogens (tertiary/aromatic N) is 2. The quantitative estimate of drug-likeness (QED) is 0.729. The summed E-state index contributed by atoms with van der Waals surface area (Å²) in [5.74, 6) is 1.17. The number of carbonyl (C=O) groups excluding carboxylic acids is 1. The van der Waals surface area contributed by atoms with Crippen LogP contribution in [0.4, 0.5) is 0 Å². The summed E-state index contributed by atoms with van der Waals surface area (Å²) in [5.41, 5.74) is 1.62. The zero-order chi connectivity index (χ0) is 20.1. The number of amides is 1. The number of rotatable bonds is 6. The first-order chi connectivity index (χ1) is 13.5. The largest absolute Gasteiger partial charge is 0.493 e. The Morgan fingerprint density at radius 1 is 1.14 bits per heavy atom. The zero-order valence-electron chi connectivity index (χ0n) is 16.7. The highest BCUT2D eigenvalue weighted by molar-refractivity contribution is 6.30. The number of piperidine rings is 1. The van der Waals surface area contributed by atoms with E-state index in [0.29, 0.717) is 28.7 Å². The molecule has 1 amide bonds. The summed E-state index contributed by atoms with van der Waals surface area (Å²) in [6.45, 7) is 2.43. The van der Waals surface area contributed by atoms with Gasteiger partial charge in [-0.05, 0) is 68.9 Å². The normalized spacial score (nSPS) is 15.3. The predicted molar refractivity (Wildman–Crippen MR) is 111 cm³/mol. The summed E-state index contributed by atoms with van der Waals surface area (Å²) in [6.07, 6.45) is 2.00. The van der Waals surface area contributed by atoms with Gasteiger partial charge in [0, 0.05) is 23.7 Å². The highest BCUT2D eigenvalue weighted by Gasteiger charge is 2.25. The predicted octanol–water partition coefficient (Wildman–Crippen LogP) is 4.09. The zero-order valence-corrected chi connectivity index (χ0v) is 17.4. The standard InChI is InChI=1S/C22H27ClN2O3/c1-24-12-10-19(11-13-24)25(2)22(26)17-6-9-20(21(14-17)27-3)28-15-16-4-7-18(23)8-5-16/h4-9,14,19H,10-13,15H2,1-3H3. The monoisotopic (exact) mass is 402 g/mol. The van der Waals surface area contributed by atoms with E-state index in [1.165, 1.54) is 0 Å². The van der Waals surface area contributed by atoms with E-state index in [4.69, 9.17) is 21.1 Å². The van der Waals surface area contributed by atoms with Crippen LogP contribution >= 0.6 is 11.6 Å². The van der Waals surface area contributed by atoms with E-state index in [1.54, 1.807) is 25.3 Å². The molecule has 1 fully saturated rings. The number of ether oxygens (including phenoxy) is 2. The molecule has 0 bridgehead atoms. The average Bonchev–Trinajstić information content (AvgIpc) is 2.72. The average molecular weight is 403 g/mol. The lowest BCUT2D eigenvalue weighted by atomic mass is 10.0. The highest BCUT2D eigenvalue weighted by Crippen LogP contribution is 2.30. The molecule has 2 aromatic rings. The summed E-state index contributed by atoms with van der Waals surface area (Å²) < 4.78 is 11.3. The van der Waals surface area contributed by atoms with Gasteiger partial charge in [0.05, 0.1) is 7.11 Å². The summed E-state index contributed by atoms with van der Waals surface area (Å²) in [6, 6.07) is 13.1. The molecule has 6 heteroatoms. The van der Waals surface area contributed by atoms with Gasteiger partial charge in [0.25, 0.3) is 5.91 Å². The van der Waals surface area contributed by atoms with Gasteiger partial charge < -0.3 is 19.3 Å². The maximum atomic E-state index is 12.9. The number of hydrogen-bond acceptors (Lipinski definition) is 4. The molecule has 28 heavy (non-hydrogen) atoms. The third-order valence-electron chi connectivity index (χ3n) is 5.27. The first-order valence-electron chi connectivity index (χ1n) is 9.49. The topological polar surface area (TPSA) is 42.0 Å². The first-order valence-corrected chi connectivity index (χ1v) is 9.86. The third kappa shape index (κ3) is 4.97. The van der Waals surface area contributed by atoms with Crippen molar-refractivity contribution in [1.29, 1.82) is 0 Å². The van der Waals surface area contributed by atoms with Gasteiger partial charge in [-0.25, -0.2) is 0 Å². The fraction of sp³-hybridized carbons (Fsp3) is 0.409. The van der Waals surface area contributed by atoms with Crippen molar-refractivity contribution >= 4 is 17.5 Å². The molecular weight excluding hydrogens is 376 g/mol. The minimum atomic E-state index is 0.0112. The molecule has 150 valence electrons. The smallest absolute Gasteiger partial charge is 0.253 e. The number of halogens is 1. The van der Waals surface area contributed by atoms with Crippen molar-refractivity contribution in [3.05, 3.63) is 58.6 Å². The van der Waals surface area contributed by atoms with E-state index >= 15 is 0 Å². The van der Waals surface area contributed by atoms with E-state index in [2.05, 4.69) is 11.9 Å². The van der Waals surface area contributed by atoms with Crippen molar-refractivity contribution in [2.24, 2.45) is 0 Å². The molecule has 3 rings (SSSR count). The molecular formula is C22H27ClN2O3. The molecule has 0 radical (unpaired) electrons. The van der Waals surface area contributed by atoms with Crippen LogP contribution in [0.1, 0.15) is 28.8 Å². The van der Waals surface area contributed by atoms with Crippen molar-refractivity contribution in [1.82, 2.24) is 9.80 Å². The Labute approximate surface area is 171 Å². The van der Waals surface area contributed by atoms with Gasteiger partial charge in [0.15, 0.2) is 11.5 Å². The summed E-state index contributed by atoms with van der Waals surface area (Å²) in [4.78, 5) is 17.1. The number of methoxy groups -OCH3 is 1. The molecule has 0 unspecified atom stereocenters. The third-order valence-corrected chi connectivity index (χ3v) is 5.53. The second kappa shape index (κ2) is 9.30. The van der Waals surface area contributed by atoms with Gasteiger partial charge >= 0.3 is 0 Å². The lowest BCUT2D eigenvalue weighted by Crippen LogP contribution is -2.44. The number of hydrogen-bond donors (Lipinski definition) is 0. The SMILES string of the molecule is COc1cc(C(=O)N(C)C2CCN(C)CC2)ccc1OCc1ccc(Cl)cc1. The van der Waals surface area contributed by atoms with Crippen LogP contribution in [0.3, 0.4) is 0 Å². The van der Waals surface area contributed by atoms with Gasteiger partial charge in [0.1, 0.15) is 6.61 Å². The van der Waals surface area contributed by atoms with E-state index in [9.17, 15) is 4.79 Å². The van der Waals surface area contributed by atoms with Gasteiger partial charge in [-0.15, -0.1) is 0 Å². The van der Waals surface area contributed by atoms with Crippen LogP contribution in [0.15, 0.2) is 42.5 Å². The van der Waals surface area contributed by atoms with Crippen LogP contribution in [0.25, 0.3) is 0 Å². The van der Waals surface area contributed by atoms with Gasteiger partial charge in [-0.2, -0.15) is 0 Å². The van der Waals surface area contributed by atoms with E-state index < -0.39 is 0 Å². The molecule has 1 heterocycles. The lowest BCUT2D eigenvalue weighted by molar-refractivity contribution is 0.0659. The molecule has 2 aromatic carbocycles. The molecule has 0 saturated carbocycles. The van der Waals surface area contributed by atoms with E-state index in [1.807, 2.05) is 36.2 Å². The maximum Gasteiger partial charge on any atom is 0.253 e. The van der Waals surface area contributed by atoms with Crippen LogP contribution < -0.4 is 9.47 Å². The number of carbonyl (C=O) groups is 1. The molecule has 1 aliphatic rings. The van der Waals surface area contributed by atoms with Crippen molar-refractivity contribution in [3.8, 4) is 11.5 Å². The summed E-state index contributed by atoms with van der Waals surface area (Å²) in [7, 11) is 5.58. The fourth-order valence-corrected chi connectivity index (χ4v) is 3.54. The Bertz CT molecular complexity index is 802. The van der Waals surface area contributed by atoms with Crippen LogP contribution in [-0.4, -0.2) is 56.0 Å². The lowest BCUT2D eigenvalue weighted by Gasteiger charge is -2.35. The van der Waals surface area contributed by atoms with Crippen LogP contribution in [0.2, 0.25) is 5.02 Å². The van der Waals surface area contributed by atoms with E-state index in [-0.39, 0.29) is 11.9 Å². The Hall–Kier alpha value is -2.24.